The summed E-state index contributed by atoms with van der Waals surface area (Å²) in [7, 11) is 0. The largest absolute Gasteiger partial charge is 0.458 e. The number of nitrogens with one attached hydrogen (secondary N) is 1. The van der Waals surface area contributed by atoms with E-state index in [4.69, 9.17) is 16.3 Å². The SMILES string of the molecule is C[C@H](OC(=O)C[C@@H]1Sc2ccccc2NC1=O)c1ccccc1Cl. The lowest BCUT2D eigenvalue weighted by Crippen LogP contribution is -2.31. The predicted octanol–water partition coefficient (Wildman–Crippen LogP) is 4.45. The van der Waals surface area contributed by atoms with Crippen molar-refractivity contribution >= 4 is 40.9 Å². The van der Waals surface area contributed by atoms with E-state index in [1.165, 1.54) is 11.8 Å². The molecule has 2 aromatic carbocycles. The second kappa shape index (κ2) is 7.28. The summed E-state index contributed by atoms with van der Waals surface area (Å²) in [6.07, 6.45) is -0.449. The molecule has 2 atom stereocenters. The van der Waals surface area contributed by atoms with Crippen LogP contribution in [0.25, 0.3) is 0 Å². The number of amides is 1. The van der Waals surface area contributed by atoms with Gasteiger partial charge >= 0.3 is 5.97 Å². The van der Waals surface area contributed by atoms with Gasteiger partial charge in [0.2, 0.25) is 5.91 Å². The van der Waals surface area contributed by atoms with Crippen molar-refractivity contribution in [1.29, 1.82) is 0 Å². The Kier molecular flexibility index (Phi) is 5.11. The number of anilines is 1. The first-order valence-corrected chi connectivity index (χ1v) is 8.81. The first kappa shape index (κ1) is 16.9. The van der Waals surface area contributed by atoms with Gasteiger partial charge in [0.15, 0.2) is 0 Å². The summed E-state index contributed by atoms with van der Waals surface area (Å²) in [5.41, 5.74) is 1.53. The number of hydrogen-bond donors (Lipinski definition) is 1. The lowest BCUT2D eigenvalue weighted by Gasteiger charge is -2.24. The van der Waals surface area contributed by atoms with Crippen molar-refractivity contribution in [2.75, 3.05) is 5.32 Å². The van der Waals surface area contributed by atoms with Crippen LogP contribution in [0.2, 0.25) is 5.02 Å². The van der Waals surface area contributed by atoms with E-state index in [0.29, 0.717) is 5.02 Å². The van der Waals surface area contributed by atoms with Crippen LogP contribution in [0, 0.1) is 0 Å². The molecule has 1 amide bonds. The molecule has 0 fully saturated rings. The summed E-state index contributed by atoms with van der Waals surface area (Å²) in [6, 6.07) is 14.8. The molecule has 0 unspecified atom stereocenters. The van der Waals surface area contributed by atoms with Gasteiger partial charge in [-0.3, -0.25) is 9.59 Å². The Bertz CT molecular complexity index is 780. The van der Waals surface area contributed by atoms with Crippen molar-refractivity contribution in [2.45, 2.75) is 29.6 Å². The molecule has 0 spiro atoms. The van der Waals surface area contributed by atoms with Crippen molar-refractivity contribution in [1.82, 2.24) is 0 Å². The molecule has 0 bridgehead atoms. The molecule has 0 saturated heterocycles. The molecule has 0 radical (unpaired) electrons. The average molecular weight is 362 g/mol. The molecular weight excluding hydrogens is 346 g/mol. The summed E-state index contributed by atoms with van der Waals surface area (Å²) < 4.78 is 5.44. The van der Waals surface area contributed by atoms with Crippen molar-refractivity contribution < 1.29 is 14.3 Å². The van der Waals surface area contributed by atoms with Gasteiger partial charge in [-0.25, -0.2) is 0 Å². The number of carbonyl (C=O) groups excluding carboxylic acids is 2. The van der Waals surface area contributed by atoms with Crippen LogP contribution in [0.1, 0.15) is 25.0 Å². The van der Waals surface area contributed by atoms with Crippen LogP contribution in [0.15, 0.2) is 53.4 Å². The minimum Gasteiger partial charge on any atom is -0.458 e. The quantitative estimate of drug-likeness (QED) is 0.817. The highest BCUT2D eigenvalue weighted by atomic mass is 35.5. The molecular formula is C18H16ClNO3S. The Morgan fingerprint density at radius 3 is 2.75 bits per heavy atom. The fourth-order valence-corrected chi connectivity index (χ4v) is 3.88. The van der Waals surface area contributed by atoms with Crippen molar-refractivity contribution in [3.05, 3.63) is 59.1 Å². The summed E-state index contributed by atoms with van der Waals surface area (Å²) in [5.74, 6) is -0.601. The number of fused-ring (bicyclic) bond motifs is 1. The Hall–Kier alpha value is -1.98. The number of halogens is 1. The number of para-hydroxylation sites is 1. The highest BCUT2D eigenvalue weighted by Gasteiger charge is 2.30. The molecule has 3 rings (SSSR count). The maximum Gasteiger partial charge on any atom is 0.308 e. The molecule has 1 N–H and O–H groups in total. The average Bonchev–Trinajstić information content (AvgIpc) is 2.55. The molecule has 0 aliphatic carbocycles. The lowest BCUT2D eigenvalue weighted by molar-refractivity contribution is -0.149. The number of thioether (sulfide) groups is 1. The topological polar surface area (TPSA) is 55.4 Å². The molecule has 124 valence electrons. The minimum absolute atomic E-state index is 0.0135. The van der Waals surface area contributed by atoms with E-state index in [1.807, 2.05) is 42.5 Å². The van der Waals surface area contributed by atoms with Crippen molar-refractivity contribution in [2.24, 2.45) is 0 Å². The molecule has 1 heterocycles. The van der Waals surface area contributed by atoms with Crippen LogP contribution >= 0.6 is 23.4 Å². The zero-order valence-corrected chi connectivity index (χ0v) is 14.6. The highest BCUT2D eigenvalue weighted by Crippen LogP contribution is 2.37. The Balaban J connectivity index is 1.63. The number of rotatable bonds is 4. The number of carbonyl (C=O) groups is 2. The molecule has 1 aliphatic rings. The fraction of sp³-hybridized carbons (Fsp3) is 0.222. The van der Waals surface area contributed by atoms with Crippen LogP contribution in [-0.2, 0) is 14.3 Å². The van der Waals surface area contributed by atoms with Crippen molar-refractivity contribution in [3.63, 3.8) is 0 Å². The van der Waals surface area contributed by atoms with Gasteiger partial charge in [0.25, 0.3) is 0 Å². The lowest BCUT2D eigenvalue weighted by atomic mass is 10.1. The van der Waals surface area contributed by atoms with Crippen molar-refractivity contribution in [3.8, 4) is 0 Å². The van der Waals surface area contributed by atoms with Gasteiger partial charge in [0, 0.05) is 15.5 Å². The fourth-order valence-electron chi connectivity index (χ4n) is 2.49. The third-order valence-corrected chi connectivity index (χ3v) is 5.33. The van der Waals surface area contributed by atoms with Crippen LogP contribution in [0.5, 0.6) is 0 Å². The number of hydrogen-bond acceptors (Lipinski definition) is 4. The molecule has 1 aliphatic heterocycles. The minimum atomic E-state index is -0.495. The van der Waals surface area contributed by atoms with Gasteiger partial charge in [0.1, 0.15) is 6.10 Å². The summed E-state index contributed by atoms with van der Waals surface area (Å²) in [4.78, 5) is 25.3. The van der Waals surface area contributed by atoms with E-state index in [2.05, 4.69) is 5.32 Å². The Labute approximate surface area is 149 Å². The van der Waals surface area contributed by atoms with Gasteiger partial charge in [-0.2, -0.15) is 0 Å². The molecule has 6 heteroatoms. The van der Waals surface area contributed by atoms with Crippen LogP contribution < -0.4 is 5.32 Å². The van der Waals surface area contributed by atoms with Gasteiger partial charge < -0.3 is 10.1 Å². The monoisotopic (exact) mass is 361 g/mol. The molecule has 0 aromatic heterocycles. The van der Waals surface area contributed by atoms with E-state index in [-0.39, 0.29) is 12.3 Å². The zero-order valence-electron chi connectivity index (χ0n) is 13.0. The molecule has 2 aromatic rings. The van der Waals surface area contributed by atoms with E-state index in [0.717, 1.165) is 16.1 Å². The van der Waals surface area contributed by atoms with E-state index in [1.54, 1.807) is 13.0 Å². The first-order chi connectivity index (χ1) is 11.5. The summed E-state index contributed by atoms with van der Waals surface area (Å²) >= 11 is 7.49. The number of ether oxygens (including phenoxy) is 1. The van der Waals surface area contributed by atoms with Gasteiger partial charge in [-0.1, -0.05) is 41.9 Å². The van der Waals surface area contributed by atoms with Crippen LogP contribution in [-0.4, -0.2) is 17.1 Å². The highest BCUT2D eigenvalue weighted by molar-refractivity contribution is 8.01. The van der Waals surface area contributed by atoms with Crippen LogP contribution in [0.4, 0.5) is 5.69 Å². The van der Waals surface area contributed by atoms with E-state index >= 15 is 0 Å². The van der Waals surface area contributed by atoms with E-state index in [9.17, 15) is 9.59 Å². The third kappa shape index (κ3) is 3.74. The maximum atomic E-state index is 12.2. The third-order valence-electron chi connectivity index (χ3n) is 3.71. The first-order valence-electron chi connectivity index (χ1n) is 7.55. The summed E-state index contributed by atoms with van der Waals surface area (Å²) in [5, 5.41) is 2.88. The zero-order chi connectivity index (χ0) is 17.1. The number of benzene rings is 2. The Morgan fingerprint density at radius 1 is 1.25 bits per heavy atom. The number of esters is 1. The summed E-state index contributed by atoms with van der Waals surface area (Å²) in [6.45, 7) is 1.77. The molecule has 24 heavy (non-hydrogen) atoms. The van der Waals surface area contributed by atoms with Crippen LogP contribution in [0.3, 0.4) is 0 Å². The van der Waals surface area contributed by atoms with Gasteiger partial charge in [0.05, 0.1) is 17.4 Å². The molecule has 0 saturated carbocycles. The smallest absolute Gasteiger partial charge is 0.308 e. The Morgan fingerprint density at radius 2 is 1.96 bits per heavy atom. The van der Waals surface area contributed by atoms with Gasteiger partial charge in [-0.15, -0.1) is 11.8 Å². The van der Waals surface area contributed by atoms with E-state index < -0.39 is 17.3 Å². The standard InChI is InChI=1S/C18H16ClNO3S/c1-11(12-6-2-3-7-13(12)19)23-17(21)10-16-18(22)20-14-8-4-5-9-15(14)24-16/h2-9,11,16H,10H2,1H3,(H,20,22)/t11-,16-/m0/s1. The molecule has 4 nitrogen and oxygen atoms in total. The maximum absolute atomic E-state index is 12.2. The normalized spacial score (nSPS) is 17.6. The predicted molar refractivity (Wildman–Crippen MR) is 95.3 cm³/mol. The second-order valence-corrected chi connectivity index (χ2v) is 7.10. The second-order valence-electron chi connectivity index (χ2n) is 5.45. The van der Waals surface area contributed by atoms with Gasteiger partial charge in [-0.05, 0) is 25.1 Å².